The number of carbonyl (C=O) groups excluding carboxylic acids is 6. The smallest absolute Gasteiger partial charge is 0.340 e. The van der Waals surface area contributed by atoms with Crippen molar-refractivity contribution < 1.29 is 67.9 Å². The predicted octanol–water partition coefficient (Wildman–Crippen LogP) is 5.02. The van der Waals surface area contributed by atoms with Crippen LogP contribution >= 0.6 is 0 Å². The minimum Gasteiger partial charge on any atom is -0.481 e. The maximum Gasteiger partial charge on any atom is 0.340 e. The number of carbonyl (C=O) groups is 9. The van der Waals surface area contributed by atoms with Crippen molar-refractivity contribution in [2.24, 2.45) is 5.92 Å². The van der Waals surface area contributed by atoms with Crippen molar-refractivity contribution in [2.75, 3.05) is 5.32 Å². The lowest BCUT2D eigenvalue weighted by atomic mass is 9.69. The molecule has 0 saturated carbocycles. The number of rotatable bonds is 17. The fourth-order valence-corrected chi connectivity index (χ4v) is 9.61. The molecule has 8 N–H and O–H groups in total. The molecule has 0 saturated heterocycles. The summed E-state index contributed by atoms with van der Waals surface area (Å²) in [5.41, 5.74) is 10.0. The van der Waals surface area contributed by atoms with Crippen molar-refractivity contribution in [3.63, 3.8) is 0 Å². The summed E-state index contributed by atoms with van der Waals surface area (Å²) in [6.45, 7) is 25.2. The summed E-state index contributed by atoms with van der Waals surface area (Å²) in [4.78, 5) is 117. The Morgan fingerprint density at radius 1 is 0.514 bits per heavy atom. The van der Waals surface area contributed by atoms with E-state index < -0.39 is 115 Å². The molecule has 0 fully saturated rings. The van der Waals surface area contributed by atoms with E-state index in [0.717, 1.165) is 51.4 Å². The number of aliphatic carboxylic acids is 3. The van der Waals surface area contributed by atoms with Crippen LogP contribution in [0.25, 0.3) is 0 Å². The van der Waals surface area contributed by atoms with E-state index in [1.54, 1.807) is 13.8 Å². The van der Waals surface area contributed by atoms with Crippen molar-refractivity contribution >= 4 is 59.1 Å². The van der Waals surface area contributed by atoms with Gasteiger partial charge in [-0.1, -0.05) is 13.8 Å². The number of benzene rings is 3. The van der Waals surface area contributed by atoms with E-state index in [1.807, 2.05) is 62.3 Å². The Bertz CT molecular complexity index is 2780. The first-order chi connectivity index (χ1) is 32.5. The lowest BCUT2D eigenvalue weighted by Gasteiger charge is -2.42. The van der Waals surface area contributed by atoms with E-state index in [0.29, 0.717) is 50.4 Å². The van der Waals surface area contributed by atoms with Crippen LogP contribution in [-0.2, 0) is 48.7 Å². The third-order valence-electron chi connectivity index (χ3n) is 14.1. The number of carboxylic acid groups (broad SMARTS) is 3. The SMILES string of the molecule is CC(=O)N[C@H](CC(=O)O)C(=O)N[C@H](CCC(=O)O)C(=O)N[C@@H](C(=O)N[C@H](CC(=O)O)C(=O)Nc1c(C)c(C)c2c(c1C)Oc1c(C)c(C)c(C)c(C)c1C21OC(=O)c2c(C)c(C)c(C)c(C)c21)C(C)C. The molecule has 2 aliphatic heterocycles. The molecule has 0 bridgehead atoms. The summed E-state index contributed by atoms with van der Waals surface area (Å²) in [5, 5.41) is 40.8. The molecule has 0 aliphatic carbocycles. The summed E-state index contributed by atoms with van der Waals surface area (Å²) in [7, 11) is 0. The second kappa shape index (κ2) is 20.3. The third-order valence-corrected chi connectivity index (χ3v) is 14.1. The number of hydrogen-bond donors (Lipinski definition) is 8. The van der Waals surface area contributed by atoms with E-state index in [4.69, 9.17) is 9.47 Å². The molecule has 5 rings (SSSR count). The van der Waals surface area contributed by atoms with Crippen molar-refractivity contribution in [2.45, 2.75) is 152 Å². The van der Waals surface area contributed by atoms with E-state index >= 15 is 0 Å². The minimum atomic E-state index is -1.74. The lowest BCUT2D eigenvalue weighted by molar-refractivity contribution is -0.142. The highest BCUT2D eigenvalue weighted by Crippen LogP contribution is 2.62. The average Bonchev–Trinajstić information content (AvgIpc) is 3.57. The molecule has 376 valence electrons. The Balaban J connectivity index is 1.55. The zero-order valence-corrected chi connectivity index (χ0v) is 42.0. The molecule has 0 aromatic heterocycles. The number of esters is 1. The second-order valence-electron chi connectivity index (χ2n) is 18.8. The first-order valence-corrected chi connectivity index (χ1v) is 22.9. The van der Waals surface area contributed by atoms with Gasteiger partial charge in [0.15, 0.2) is 5.60 Å². The molecule has 3 aromatic rings. The summed E-state index contributed by atoms with van der Waals surface area (Å²) in [6.07, 6.45) is -2.92. The quantitative estimate of drug-likeness (QED) is 0.0826. The molecular formula is C51H63N5O14. The third kappa shape index (κ3) is 9.78. The highest BCUT2D eigenvalue weighted by Gasteiger charge is 2.58. The molecular weight excluding hydrogens is 907 g/mol. The number of fused-ring (bicyclic) bond motifs is 6. The summed E-state index contributed by atoms with van der Waals surface area (Å²) >= 11 is 0. The van der Waals surface area contributed by atoms with Crippen LogP contribution in [0.1, 0.15) is 135 Å². The zero-order chi connectivity index (χ0) is 52.8. The Kier molecular flexibility index (Phi) is 15.6. The number of anilines is 1. The van der Waals surface area contributed by atoms with Gasteiger partial charge in [-0.3, -0.25) is 38.4 Å². The molecule has 1 spiro atoms. The monoisotopic (exact) mass is 969 g/mol. The first kappa shape index (κ1) is 53.6. The summed E-state index contributed by atoms with van der Waals surface area (Å²) in [5.74, 6) is -9.54. The predicted molar refractivity (Wildman–Crippen MR) is 255 cm³/mol. The fraction of sp³-hybridized carbons (Fsp3) is 0.471. The number of ether oxygens (including phenoxy) is 2. The van der Waals surface area contributed by atoms with Gasteiger partial charge in [-0.25, -0.2) is 4.79 Å². The maximum absolute atomic E-state index is 14.4. The second-order valence-corrected chi connectivity index (χ2v) is 18.8. The minimum absolute atomic E-state index is 0.242. The van der Waals surface area contributed by atoms with E-state index in [2.05, 4.69) is 26.6 Å². The zero-order valence-electron chi connectivity index (χ0n) is 42.0. The number of carboxylic acids is 3. The standard InChI is InChI=1S/C51H63N5O14/c1-19(2)42(55-46(64)32(15-16-35(58)59)53-47(65)33(17-36(60)61)52-31(14)57)49(67)54-34(18-37(62)63)48(66)56-43-28(11)27(10)41-45(30(43)13)69-44-29(12)23(6)22(5)26(9)40(44)51(41)39-25(8)21(4)20(3)24(7)38(39)50(68)70-51/h19,32-34,42H,15-18H2,1-14H3,(H,52,57)(H,53,65)(H,54,67)(H,55,64)(H,56,66)(H,58,59)(H,60,61)(H,62,63)/t32-,33-,34-,42-,51?/m1/s1. The fourth-order valence-electron chi connectivity index (χ4n) is 9.61. The lowest BCUT2D eigenvalue weighted by Crippen LogP contribution is -2.59. The highest BCUT2D eigenvalue weighted by molar-refractivity contribution is 6.03. The molecule has 19 heteroatoms. The van der Waals surface area contributed by atoms with Crippen LogP contribution in [0, 0.1) is 82.1 Å². The highest BCUT2D eigenvalue weighted by atomic mass is 16.6. The molecule has 2 aliphatic rings. The van der Waals surface area contributed by atoms with Gasteiger partial charge in [0.05, 0.1) is 35.2 Å². The number of amides is 5. The van der Waals surface area contributed by atoms with Crippen molar-refractivity contribution in [3.8, 4) is 11.5 Å². The van der Waals surface area contributed by atoms with Crippen LogP contribution in [0.5, 0.6) is 11.5 Å². The van der Waals surface area contributed by atoms with Gasteiger partial charge in [0.2, 0.25) is 29.5 Å². The molecule has 1 unspecified atom stereocenters. The average molecular weight is 970 g/mol. The van der Waals surface area contributed by atoms with Crippen LogP contribution in [0.2, 0.25) is 0 Å². The largest absolute Gasteiger partial charge is 0.481 e. The van der Waals surface area contributed by atoms with E-state index in [1.165, 1.54) is 13.8 Å². The number of nitrogens with one attached hydrogen (secondary N) is 5. The Labute approximate surface area is 405 Å². The van der Waals surface area contributed by atoms with Gasteiger partial charge in [-0.05, 0) is 144 Å². The van der Waals surface area contributed by atoms with Gasteiger partial charge in [0, 0.05) is 24.5 Å². The Morgan fingerprint density at radius 2 is 0.971 bits per heavy atom. The first-order valence-electron chi connectivity index (χ1n) is 22.9. The van der Waals surface area contributed by atoms with Crippen molar-refractivity contribution in [1.82, 2.24) is 21.3 Å². The van der Waals surface area contributed by atoms with Gasteiger partial charge in [-0.15, -0.1) is 0 Å². The number of hydrogen-bond acceptors (Lipinski definition) is 11. The molecule has 3 aromatic carbocycles. The van der Waals surface area contributed by atoms with Crippen LogP contribution in [0.4, 0.5) is 5.69 Å². The molecule has 70 heavy (non-hydrogen) atoms. The summed E-state index contributed by atoms with van der Waals surface area (Å²) < 4.78 is 13.7. The van der Waals surface area contributed by atoms with Crippen LogP contribution in [0.15, 0.2) is 0 Å². The van der Waals surface area contributed by atoms with Gasteiger partial charge >= 0.3 is 23.9 Å². The van der Waals surface area contributed by atoms with Gasteiger partial charge in [-0.2, -0.15) is 0 Å². The van der Waals surface area contributed by atoms with Crippen molar-refractivity contribution in [1.29, 1.82) is 0 Å². The Morgan fingerprint density at radius 3 is 1.49 bits per heavy atom. The van der Waals surface area contributed by atoms with Gasteiger partial charge in [0.1, 0.15) is 35.7 Å². The maximum atomic E-state index is 14.4. The van der Waals surface area contributed by atoms with E-state index in [-0.39, 0.29) is 5.69 Å². The molecule has 5 atom stereocenters. The van der Waals surface area contributed by atoms with E-state index in [9.17, 15) is 58.5 Å². The molecule has 5 amide bonds. The van der Waals surface area contributed by atoms with Crippen LogP contribution < -0.4 is 31.3 Å². The summed E-state index contributed by atoms with van der Waals surface area (Å²) in [6, 6.07) is -6.50. The normalized spacial score (nSPS) is 16.1. The van der Waals surface area contributed by atoms with Gasteiger partial charge in [0.25, 0.3) is 0 Å². The molecule has 2 heterocycles. The van der Waals surface area contributed by atoms with Crippen LogP contribution in [0.3, 0.4) is 0 Å². The molecule has 19 nitrogen and oxygen atoms in total. The molecule has 0 radical (unpaired) electrons. The topological polar surface area (TPSA) is 293 Å². The Hall–Kier alpha value is -7.31. The van der Waals surface area contributed by atoms with Crippen molar-refractivity contribution in [3.05, 3.63) is 83.5 Å². The van der Waals surface area contributed by atoms with Crippen LogP contribution in [-0.4, -0.2) is 92.9 Å². The van der Waals surface area contributed by atoms with Gasteiger partial charge < -0.3 is 51.4 Å².